The van der Waals surface area contributed by atoms with Gasteiger partial charge in [0.2, 0.25) is 0 Å². The minimum Gasteiger partial charge on any atom is -0.309 e. The SMILES string of the molecule is c1cc2c(cc1-c1n[nH]c(C3CC3)n1)CNC2. The molecule has 17 heavy (non-hydrogen) atoms. The number of nitrogens with zero attached hydrogens (tertiary/aromatic N) is 2. The van der Waals surface area contributed by atoms with Crippen molar-refractivity contribution in [3.8, 4) is 11.4 Å². The molecule has 1 aromatic heterocycles. The van der Waals surface area contributed by atoms with Crippen molar-refractivity contribution in [2.24, 2.45) is 0 Å². The van der Waals surface area contributed by atoms with Gasteiger partial charge >= 0.3 is 0 Å². The molecule has 2 N–H and O–H groups in total. The number of fused-ring (bicyclic) bond motifs is 1. The Kier molecular flexibility index (Phi) is 1.87. The molecule has 86 valence electrons. The average molecular weight is 226 g/mol. The Morgan fingerprint density at radius 2 is 2.00 bits per heavy atom. The molecule has 0 bridgehead atoms. The van der Waals surface area contributed by atoms with Crippen LogP contribution in [0.4, 0.5) is 0 Å². The molecule has 0 amide bonds. The van der Waals surface area contributed by atoms with Crippen LogP contribution >= 0.6 is 0 Å². The fourth-order valence-electron chi connectivity index (χ4n) is 2.38. The van der Waals surface area contributed by atoms with Gasteiger partial charge in [0.05, 0.1) is 0 Å². The van der Waals surface area contributed by atoms with Gasteiger partial charge in [0.15, 0.2) is 5.82 Å². The van der Waals surface area contributed by atoms with E-state index in [0.29, 0.717) is 5.92 Å². The zero-order chi connectivity index (χ0) is 11.2. The predicted molar refractivity (Wildman–Crippen MR) is 64.3 cm³/mol. The number of rotatable bonds is 2. The van der Waals surface area contributed by atoms with Crippen molar-refractivity contribution in [3.05, 3.63) is 35.2 Å². The lowest BCUT2D eigenvalue weighted by Gasteiger charge is -2.00. The minimum absolute atomic E-state index is 0.632. The van der Waals surface area contributed by atoms with E-state index in [2.05, 4.69) is 38.7 Å². The van der Waals surface area contributed by atoms with Gasteiger partial charge in [0, 0.05) is 24.6 Å². The van der Waals surface area contributed by atoms with Gasteiger partial charge in [-0.25, -0.2) is 4.98 Å². The van der Waals surface area contributed by atoms with Crippen LogP contribution in [0, 0.1) is 0 Å². The first-order chi connectivity index (χ1) is 8.40. The number of hydrogen-bond donors (Lipinski definition) is 2. The fourth-order valence-corrected chi connectivity index (χ4v) is 2.38. The second kappa shape index (κ2) is 3.40. The molecule has 1 fully saturated rings. The van der Waals surface area contributed by atoms with Crippen molar-refractivity contribution >= 4 is 0 Å². The molecule has 4 rings (SSSR count). The van der Waals surface area contributed by atoms with Gasteiger partial charge < -0.3 is 5.32 Å². The predicted octanol–water partition coefficient (Wildman–Crippen LogP) is 1.95. The maximum atomic E-state index is 4.58. The van der Waals surface area contributed by atoms with E-state index in [0.717, 1.165) is 30.3 Å². The molecule has 0 atom stereocenters. The fraction of sp³-hybridized carbons (Fsp3) is 0.385. The van der Waals surface area contributed by atoms with Gasteiger partial charge in [-0.15, -0.1) is 0 Å². The molecule has 2 aromatic rings. The highest BCUT2D eigenvalue weighted by molar-refractivity contribution is 5.57. The summed E-state index contributed by atoms with van der Waals surface area (Å²) in [6.45, 7) is 1.94. The summed E-state index contributed by atoms with van der Waals surface area (Å²) < 4.78 is 0. The average Bonchev–Trinajstić information content (AvgIpc) is 2.93. The summed E-state index contributed by atoms with van der Waals surface area (Å²) in [7, 11) is 0. The van der Waals surface area contributed by atoms with Crippen molar-refractivity contribution < 1.29 is 0 Å². The van der Waals surface area contributed by atoms with Gasteiger partial charge in [-0.2, -0.15) is 5.10 Å². The van der Waals surface area contributed by atoms with E-state index in [1.54, 1.807) is 0 Å². The van der Waals surface area contributed by atoms with Crippen LogP contribution in [0.15, 0.2) is 18.2 Å². The van der Waals surface area contributed by atoms with Crippen molar-refractivity contribution in [2.45, 2.75) is 31.8 Å². The first-order valence-corrected chi connectivity index (χ1v) is 6.15. The molecule has 1 saturated carbocycles. The number of H-pyrrole nitrogens is 1. The van der Waals surface area contributed by atoms with Gasteiger partial charge in [0.25, 0.3) is 0 Å². The third-order valence-electron chi connectivity index (χ3n) is 3.56. The summed E-state index contributed by atoms with van der Waals surface area (Å²) in [5, 5.41) is 10.7. The Balaban J connectivity index is 1.72. The quantitative estimate of drug-likeness (QED) is 0.823. The van der Waals surface area contributed by atoms with E-state index in [9.17, 15) is 0 Å². The zero-order valence-corrected chi connectivity index (χ0v) is 9.53. The third-order valence-corrected chi connectivity index (χ3v) is 3.56. The molecular formula is C13H14N4. The maximum absolute atomic E-state index is 4.58. The molecule has 0 unspecified atom stereocenters. The normalized spacial score (nSPS) is 18.4. The van der Waals surface area contributed by atoms with Crippen LogP contribution in [-0.2, 0) is 13.1 Å². The molecule has 1 aliphatic heterocycles. The molecule has 4 heteroatoms. The molecule has 4 nitrogen and oxygen atoms in total. The van der Waals surface area contributed by atoms with Crippen LogP contribution in [0.5, 0.6) is 0 Å². The minimum atomic E-state index is 0.632. The highest BCUT2D eigenvalue weighted by Crippen LogP contribution is 2.38. The molecule has 0 spiro atoms. The van der Waals surface area contributed by atoms with Crippen LogP contribution < -0.4 is 5.32 Å². The molecular weight excluding hydrogens is 212 g/mol. The second-order valence-corrected chi connectivity index (χ2v) is 4.91. The summed E-state index contributed by atoms with van der Waals surface area (Å²) in [6.07, 6.45) is 2.51. The van der Waals surface area contributed by atoms with E-state index in [4.69, 9.17) is 0 Å². The third kappa shape index (κ3) is 1.56. The number of aromatic nitrogens is 3. The number of aromatic amines is 1. The summed E-state index contributed by atoms with van der Waals surface area (Å²) >= 11 is 0. The summed E-state index contributed by atoms with van der Waals surface area (Å²) in [4.78, 5) is 4.58. The number of nitrogens with one attached hydrogen (secondary N) is 2. The highest BCUT2D eigenvalue weighted by atomic mass is 15.2. The lowest BCUT2D eigenvalue weighted by atomic mass is 10.1. The maximum Gasteiger partial charge on any atom is 0.181 e. The monoisotopic (exact) mass is 226 g/mol. The van der Waals surface area contributed by atoms with Crippen LogP contribution in [0.2, 0.25) is 0 Å². The Labute approximate surface area is 99.5 Å². The second-order valence-electron chi connectivity index (χ2n) is 4.91. The van der Waals surface area contributed by atoms with Gasteiger partial charge in [-0.1, -0.05) is 12.1 Å². The van der Waals surface area contributed by atoms with Crippen molar-refractivity contribution in [1.82, 2.24) is 20.5 Å². The molecule has 1 aromatic carbocycles. The lowest BCUT2D eigenvalue weighted by Crippen LogP contribution is -1.99. The van der Waals surface area contributed by atoms with Gasteiger partial charge in [0.1, 0.15) is 5.82 Å². The largest absolute Gasteiger partial charge is 0.309 e. The first kappa shape index (κ1) is 9.36. The summed E-state index contributed by atoms with van der Waals surface area (Å²) in [6, 6.07) is 6.50. The number of benzene rings is 1. The first-order valence-electron chi connectivity index (χ1n) is 6.15. The molecule has 0 saturated heterocycles. The summed E-state index contributed by atoms with van der Waals surface area (Å²) in [5.74, 6) is 2.52. The summed E-state index contributed by atoms with van der Waals surface area (Å²) in [5.41, 5.74) is 3.89. The van der Waals surface area contributed by atoms with Crippen LogP contribution in [-0.4, -0.2) is 15.2 Å². The van der Waals surface area contributed by atoms with Crippen LogP contribution in [0.3, 0.4) is 0 Å². The Morgan fingerprint density at radius 1 is 1.12 bits per heavy atom. The van der Waals surface area contributed by atoms with E-state index < -0.39 is 0 Å². The van der Waals surface area contributed by atoms with Gasteiger partial charge in [-0.05, 0) is 30.0 Å². The Bertz CT molecular complexity index is 569. The molecule has 0 radical (unpaired) electrons. The Morgan fingerprint density at radius 3 is 2.88 bits per heavy atom. The van der Waals surface area contributed by atoms with E-state index >= 15 is 0 Å². The highest BCUT2D eigenvalue weighted by Gasteiger charge is 2.27. The van der Waals surface area contributed by atoms with E-state index in [1.165, 1.54) is 24.0 Å². The van der Waals surface area contributed by atoms with Crippen LogP contribution in [0.1, 0.15) is 35.7 Å². The standard InChI is InChI=1S/C13H14N4/c1-2-8(1)12-15-13(17-16-12)9-3-4-10-6-14-7-11(10)5-9/h3-5,8,14H,1-2,6-7H2,(H,15,16,17). The smallest absolute Gasteiger partial charge is 0.181 e. The van der Waals surface area contributed by atoms with E-state index in [1.807, 2.05) is 0 Å². The zero-order valence-electron chi connectivity index (χ0n) is 9.53. The Hall–Kier alpha value is -1.68. The van der Waals surface area contributed by atoms with Crippen LogP contribution in [0.25, 0.3) is 11.4 Å². The van der Waals surface area contributed by atoms with Gasteiger partial charge in [-0.3, -0.25) is 5.10 Å². The van der Waals surface area contributed by atoms with E-state index in [-0.39, 0.29) is 0 Å². The van der Waals surface area contributed by atoms with Crippen molar-refractivity contribution in [3.63, 3.8) is 0 Å². The topological polar surface area (TPSA) is 53.6 Å². The van der Waals surface area contributed by atoms with Crippen molar-refractivity contribution in [1.29, 1.82) is 0 Å². The molecule has 2 heterocycles. The number of hydrogen-bond acceptors (Lipinski definition) is 3. The lowest BCUT2D eigenvalue weighted by molar-refractivity contribution is 0.765. The molecule has 2 aliphatic rings. The van der Waals surface area contributed by atoms with Crippen molar-refractivity contribution in [2.75, 3.05) is 0 Å². The molecule has 1 aliphatic carbocycles.